The van der Waals surface area contributed by atoms with E-state index >= 15 is 0 Å². The number of hydrogen-bond donors (Lipinski definition) is 0. The van der Waals surface area contributed by atoms with Gasteiger partial charge in [-0.05, 0) is 31.4 Å². The molecule has 0 radical (unpaired) electrons. The third-order valence-corrected chi connectivity index (χ3v) is 2.11. The van der Waals surface area contributed by atoms with Gasteiger partial charge in [0.1, 0.15) is 12.6 Å². The normalized spacial score (nSPS) is 10.8. The third kappa shape index (κ3) is 24.0. The van der Waals surface area contributed by atoms with Crippen molar-refractivity contribution in [2.45, 2.75) is 52.4 Å². The molecule has 0 unspecified atom stereocenters. The van der Waals surface area contributed by atoms with Crippen molar-refractivity contribution in [1.29, 1.82) is 0 Å². The van der Waals surface area contributed by atoms with E-state index in [9.17, 15) is 9.59 Å². The SMILES string of the molecule is CCC=CC=CC=O.CCCCCC/C=C/C=O. The second kappa shape index (κ2) is 20.9. The monoisotopic (exact) mass is 250 g/mol. The second-order valence-corrected chi connectivity index (χ2v) is 3.77. The lowest BCUT2D eigenvalue weighted by atomic mass is 10.1. The van der Waals surface area contributed by atoms with Gasteiger partial charge >= 0.3 is 0 Å². The van der Waals surface area contributed by atoms with Crippen LogP contribution in [-0.2, 0) is 9.59 Å². The molecule has 2 heteroatoms. The van der Waals surface area contributed by atoms with Crippen LogP contribution in [0.1, 0.15) is 52.4 Å². The Kier molecular flexibility index (Phi) is 22.0. The van der Waals surface area contributed by atoms with Gasteiger partial charge in [0, 0.05) is 0 Å². The van der Waals surface area contributed by atoms with Crippen LogP contribution in [0, 0.1) is 0 Å². The molecule has 0 aromatic heterocycles. The molecule has 0 heterocycles. The number of unbranched alkanes of at least 4 members (excludes halogenated alkanes) is 4. The molecule has 0 bridgehead atoms. The van der Waals surface area contributed by atoms with Crippen LogP contribution >= 0.6 is 0 Å². The molecule has 0 aliphatic heterocycles. The quantitative estimate of drug-likeness (QED) is 0.263. The van der Waals surface area contributed by atoms with E-state index in [4.69, 9.17) is 0 Å². The van der Waals surface area contributed by atoms with E-state index in [2.05, 4.69) is 6.92 Å². The zero-order chi connectivity index (χ0) is 13.9. The molecule has 0 saturated heterocycles. The van der Waals surface area contributed by atoms with E-state index in [1.54, 1.807) is 12.2 Å². The molecule has 0 aromatic carbocycles. The summed E-state index contributed by atoms with van der Waals surface area (Å²) < 4.78 is 0. The number of hydrogen-bond acceptors (Lipinski definition) is 2. The Morgan fingerprint density at radius 3 is 2.00 bits per heavy atom. The highest BCUT2D eigenvalue weighted by Crippen LogP contribution is 2.02. The smallest absolute Gasteiger partial charge is 0.142 e. The Hall–Kier alpha value is -1.44. The van der Waals surface area contributed by atoms with Gasteiger partial charge in [-0.3, -0.25) is 9.59 Å². The average Bonchev–Trinajstić information content (AvgIpc) is 2.40. The van der Waals surface area contributed by atoms with Crippen LogP contribution in [0.5, 0.6) is 0 Å². The van der Waals surface area contributed by atoms with E-state index in [1.807, 2.05) is 25.2 Å². The predicted octanol–water partition coefficient (Wildman–Crippen LogP) is 4.42. The second-order valence-electron chi connectivity index (χ2n) is 3.77. The van der Waals surface area contributed by atoms with Crippen molar-refractivity contribution < 1.29 is 9.59 Å². The number of carbonyl (C=O) groups is 2. The van der Waals surface area contributed by atoms with E-state index in [0.29, 0.717) is 0 Å². The highest BCUT2D eigenvalue weighted by Gasteiger charge is 1.82. The standard InChI is InChI=1S/C9H16O.C7H10O/c1-2-3-4-5-6-7-8-9-10;1-2-3-4-5-6-7-8/h7-9H,2-6H2,1H3;3-7H,2H2,1H3/b8-7+;. The van der Waals surface area contributed by atoms with Crippen molar-refractivity contribution in [2.24, 2.45) is 0 Å². The molecule has 102 valence electrons. The maximum Gasteiger partial charge on any atom is 0.142 e. The first-order valence-corrected chi connectivity index (χ1v) is 6.70. The molecule has 0 aromatic rings. The van der Waals surface area contributed by atoms with Gasteiger partial charge in [-0.1, -0.05) is 57.4 Å². The van der Waals surface area contributed by atoms with E-state index in [1.165, 1.54) is 31.8 Å². The fourth-order valence-corrected chi connectivity index (χ4v) is 1.16. The molecule has 0 rings (SSSR count). The maximum atomic E-state index is 9.81. The minimum absolute atomic E-state index is 0.764. The Balaban J connectivity index is 0. The van der Waals surface area contributed by atoms with Crippen LogP contribution in [-0.4, -0.2) is 12.6 Å². The van der Waals surface area contributed by atoms with Crippen LogP contribution < -0.4 is 0 Å². The Morgan fingerprint density at radius 1 is 0.722 bits per heavy atom. The van der Waals surface area contributed by atoms with Crippen LogP contribution in [0.25, 0.3) is 0 Å². The summed E-state index contributed by atoms with van der Waals surface area (Å²) in [6, 6.07) is 0. The summed E-state index contributed by atoms with van der Waals surface area (Å²) >= 11 is 0. The minimum atomic E-state index is 0.764. The summed E-state index contributed by atoms with van der Waals surface area (Å²) in [5.74, 6) is 0. The molecule has 2 nitrogen and oxygen atoms in total. The van der Waals surface area contributed by atoms with Gasteiger partial charge in [-0.15, -0.1) is 0 Å². The first-order chi connectivity index (χ1) is 8.83. The lowest BCUT2D eigenvalue weighted by Crippen LogP contribution is -1.73. The van der Waals surface area contributed by atoms with Crippen molar-refractivity contribution in [3.8, 4) is 0 Å². The lowest BCUT2D eigenvalue weighted by Gasteiger charge is -1.92. The van der Waals surface area contributed by atoms with Crippen LogP contribution in [0.15, 0.2) is 36.5 Å². The molecule has 0 fully saturated rings. The zero-order valence-electron chi connectivity index (χ0n) is 11.7. The molecule has 0 N–H and O–H groups in total. The van der Waals surface area contributed by atoms with Crippen molar-refractivity contribution in [3.63, 3.8) is 0 Å². The van der Waals surface area contributed by atoms with Gasteiger partial charge in [-0.25, -0.2) is 0 Å². The fourth-order valence-electron chi connectivity index (χ4n) is 1.16. The number of aldehydes is 2. The molecular weight excluding hydrogens is 224 g/mol. The third-order valence-electron chi connectivity index (χ3n) is 2.11. The van der Waals surface area contributed by atoms with Crippen LogP contribution in [0.4, 0.5) is 0 Å². The molecule has 0 aliphatic carbocycles. The van der Waals surface area contributed by atoms with E-state index in [-0.39, 0.29) is 0 Å². The van der Waals surface area contributed by atoms with Crippen molar-refractivity contribution in [2.75, 3.05) is 0 Å². The number of carbonyl (C=O) groups excluding carboxylic acids is 2. The average molecular weight is 250 g/mol. The number of rotatable bonds is 9. The van der Waals surface area contributed by atoms with Crippen molar-refractivity contribution >= 4 is 12.6 Å². The summed E-state index contributed by atoms with van der Waals surface area (Å²) in [6.45, 7) is 4.24. The maximum absolute atomic E-state index is 9.81. The first-order valence-electron chi connectivity index (χ1n) is 6.70. The molecule has 18 heavy (non-hydrogen) atoms. The summed E-state index contributed by atoms with van der Waals surface area (Å²) in [5, 5.41) is 0. The largest absolute Gasteiger partial charge is 0.299 e. The van der Waals surface area contributed by atoms with Crippen molar-refractivity contribution in [1.82, 2.24) is 0 Å². The zero-order valence-corrected chi connectivity index (χ0v) is 11.7. The molecule has 0 saturated carbocycles. The topological polar surface area (TPSA) is 34.1 Å². The van der Waals surface area contributed by atoms with Gasteiger partial charge in [-0.2, -0.15) is 0 Å². The highest BCUT2D eigenvalue weighted by atomic mass is 16.1. The predicted molar refractivity (Wildman–Crippen MR) is 78.6 cm³/mol. The summed E-state index contributed by atoms with van der Waals surface area (Å²) in [7, 11) is 0. The van der Waals surface area contributed by atoms with Crippen LogP contribution in [0.3, 0.4) is 0 Å². The van der Waals surface area contributed by atoms with Gasteiger partial charge in [0.05, 0.1) is 0 Å². The minimum Gasteiger partial charge on any atom is -0.299 e. The lowest BCUT2D eigenvalue weighted by molar-refractivity contribution is -0.104. The molecular formula is C16H26O2. The fraction of sp³-hybridized carbons (Fsp3) is 0.500. The highest BCUT2D eigenvalue weighted by molar-refractivity contribution is 5.65. The summed E-state index contributed by atoms with van der Waals surface area (Å²) in [6.07, 6.45) is 19.3. The van der Waals surface area contributed by atoms with E-state index in [0.717, 1.165) is 25.4 Å². The van der Waals surface area contributed by atoms with Gasteiger partial charge < -0.3 is 0 Å². The Labute approximate surface area is 111 Å². The molecule has 0 aliphatic rings. The van der Waals surface area contributed by atoms with Crippen LogP contribution in [0.2, 0.25) is 0 Å². The Bertz CT molecular complexity index is 250. The molecule has 0 spiro atoms. The first kappa shape index (κ1) is 18.9. The number of allylic oxidation sites excluding steroid dienone is 6. The van der Waals surface area contributed by atoms with E-state index < -0.39 is 0 Å². The van der Waals surface area contributed by atoms with Gasteiger partial charge in [0.25, 0.3) is 0 Å². The summed E-state index contributed by atoms with van der Waals surface area (Å²) in [5.41, 5.74) is 0. The Morgan fingerprint density at radius 2 is 1.44 bits per heavy atom. The van der Waals surface area contributed by atoms with Gasteiger partial charge in [0.2, 0.25) is 0 Å². The van der Waals surface area contributed by atoms with Crippen molar-refractivity contribution in [3.05, 3.63) is 36.5 Å². The molecule has 0 atom stereocenters. The molecule has 0 amide bonds. The summed E-state index contributed by atoms with van der Waals surface area (Å²) in [4.78, 5) is 19.5. The van der Waals surface area contributed by atoms with Gasteiger partial charge in [0.15, 0.2) is 0 Å².